The maximum atomic E-state index is 10.1. The van der Waals surface area contributed by atoms with Crippen molar-refractivity contribution in [2.45, 2.75) is 25.3 Å². The lowest BCUT2D eigenvalue weighted by molar-refractivity contribution is 0.298. The van der Waals surface area contributed by atoms with Crippen molar-refractivity contribution in [2.75, 3.05) is 20.7 Å². The lowest BCUT2D eigenvalue weighted by Crippen LogP contribution is -2.37. The molecule has 0 aliphatic heterocycles. The van der Waals surface area contributed by atoms with Crippen molar-refractivity contribution in [3.8, 4) is 30.4 Å². The zero-order valence-corrected chi connectivity index (χ0v) is 18.0. The van der Waals surface area contributed by atoms with E-state index in [9.17, 15) is 5.26 Å². The highest BCUT2D eigenvalue weighted by Gasteiger charge is 2.32. The molecule has 0 spiro atoms. The third kappa shape index (κ3) is 4.51. The molecule has 1 aromatic heterocycles. The fraction of sp³-hybridized carbons (Fsp3) is 0.269. The molecule has 0 amide bonds. The molecular formula is C26H24N4O. The Balaban J connectivity index is 1.92. The first-order valence-corrected chi connectivity index (χ1v) is 10.0. The number of pyridine rings is 1. The summed E-state index contributed by atoms with van der Waals surface area (Å²) in [6.45, 7) is 3.02. The number of likely N-dealkylation sites (N-methyl/N-ethyl adjacent to an activating group) is 1. The van der Waals surface area contributed by atoms with Crippen molar-refractivity contribution in [1.82, 2.24) is 9.88 Å². The van der Waals surface area contributed by atoms with Gasteiger partial charge in [-0.15, -0.1) is 6.42 Å². The highest BCUT2D eigenvalue weighted by atomic mass is 16.5. The van der Waals surface area contributed by atoms with E-state index in [1.807, 2.05) is 42.3 Å². The first-order valence-electron chi connectivity index (χ1n) is 10.0. The molecule has 0 N–H and O–H groups in total. The zero-order chi connectivity index (χ0) is 22.4. The fourth-order valence-electron chi connectivity index (χ4n) is 3.70. The third-order valence-corrected chi connectivity index (χ3v) is 5.40. The molecule has 154 valence electrons. The normalized spacial score (nSPS) is 12.5. The van der Waals surface area contributed by atoms with E-state index >= 15 is 0 Å². The Hall–Kier alpha value is -3.85. The van der Waals surface area contributed by atoms with Crippen molar-refractivity contribution in [3.63, 3.8) is 0 Å². The number of ether oxygens (including phenoxy) is 1. The van der Waals surface area contributed by atoms with Crippen LogP contribution in [0.25, 0.3) is 10.9 Å². The zero-order valence-electron chi connectivity index (χ0n) is 18.0. The molecule has 1 heterocycles. The number of hydrogen-bond acceptors (Lipinski definition) is 5. The van der Waals surface area contributed by atoms with E-state index in [0.29, 0.717) is 24.5 Å². The Labute approximate surface area is 183 Å². The smallest absolute Gasteiger partial charge is 0.216 e. The summed E-state index contributed by atoms with van der Waals surface area (Å²) in [6.07, 6.45) is 6.72. The standard InChI is InChI=1S/C26H24N4O/c1-5-21-13-22-11-12-23(14-24(22)29-25(21)31-4)26(6-2,17-28)18-30(3)16-20-9-7-19(15-27)8-10-20/h2,7-14H,5,16,18H2,1,3-4H3/t26-/m0/s1. The van der Waals surface area contributed by atoms with Crippen LogP contribution in [0.2, 0.25) is 0 Å². The van der Waals surface area contributed by atoms with Crippen LogP contribution in [-0.4, -0.2) is 30.6 Å². The molecule has 5 heteroatoms. The average Bonchev–Trinajstić information content (AvgIpc) is 2.81. The number of aryl methyl sites for hydroxylation is 1. The lowest BCUT2D eigenvalue weighted by atomic mass is 9.81. The maximum absolute atomic E-state index is 10.1. The second-order valence-electron chi connectivity index (χ2n) is 7.56. The van der Waals surface area contributed by atoms with E-state index in [0.717, 1.165) is 34.0 Å². The Morgan fingerprint density at radius 2 is 1.87 bits per heavy atom. The van der Waals surface area contributed by atoms with Gasteiger partial charge in [-0.1, -0.05) is 37.1 Å². The third-order valence-electron chi connectivity index (χ3n) is 5.40. The Morgan fingerprint density at radius 3 is 2.45 bits per heavy atom. The van der Waals surface area contributed by atoms with Gasteiger partial charge >= 0.3 is 0 Å². The second kappa shape index (κ2) is 9.31. The number of fused-ring (bicyclic) bond motifs is 1. The largest absolute Gasteiger partial charge is 0.481 e. The van der Waals surface area contributed by atoms with E-state index < -0.39 is 5.41 Å². The predicted octanol–water partition coefficient (Wildman–Crippen LogP) is 4.20. The summed E-state index contributed by atoms with van der Waals surface area (Å²) in [4.78, 5) is 6.65. The molecule has 0 saturated heterocycles. The second-order valence-corrected chi connectivity index (χ2v) is 7.56. The number of nitriles is 2. The van der Waals surface area contributed by atoms with Crippen molar-refractivity contribution < 1.29 is 4.74 Å². The van der Waals surface area contributed by atoms with Crippen LogP contribution >= 0.6 is 0 Å². The minimum atomic E-state index is -1.12. The first-order chi connectivity index (χ1) is 15.0. The summed E-state index contributed by atoms with van der Waals surface area (Å²) < 4.78 is 5.43. The quantitative estimate of drug-likeness (QED) is 0.548. The number of terminal acetylenes is 1. The molecule has 0 aliphatic rings. The summed E-state index contributed by atoms with van der Waals surface area (Å²) in [7, 11) is 3.54. The van der Waals surface area contributed by atoms with Gasteiger partial charge in [0.25, 0.3) is 0 Å². The number of benzene rings is 2. The van der Waals surface area contributed by atoms with E-state index in [1.54, 1.807) is 19.2 Å². The molecule has 0 saturated carbocycles. The van der Waals surface area contributed by atoms with Gasteiger partial charge in [-0.2, -0.15) is 10.5 Å². The molecule has 0 bridgehead atoms. The van der Waals surface area contributed by atoms with Gasteiger partial charge in [0.15, 0.2) is 5.41 Å². The van der Waals surface area contributed by atoms with Gasteiger partial charge in [0.2, 0.25) is 5.88 Å². The van der Waals surface area contributed by atoms with Crippen molar-refractivity contribution >= 4 is 10.9 Å². The monoisotopic (exact) mass is 408 g/mol. The molecule has 3 rings (SSSR count). The molecule has 2 aromatic carbocycles. The number of aromatic nitrogens is 1. The molecule has 1 atom stereocenters. The topological polar surface area (TPSA) is 72.9 Å². The van der Waals surface area contributed by atoms with Crippen LogP contribution in [0.5, 0.6) is 5.88 Å². The van der Waals surface area contributed by atoms with Crippen molar-refractivity contribution in [2.24, 2.45) is 0 Å². The van der Waals surface area contributed by atoms with Crippen LogP contribution in [0.4, 0.5) is 0 Å². The van der Waals surface area contributed by atoms with Crippen LogP contribution in [0, 0.1) is 35.0 Å². The van der Waals surface area contributed by atoms with Gasteiger partial charge in [-0.05, 0) is 48.9 Å². The van der Waals surface area contributed by atoms with E-state index in [1.165, 1.54) is 0 Å². The molecule has 3 aromatic rings. The Bertz CT molecular complexity index is 1200. The van der Waals surface area contributed by atoms with E-state index in [2.05, 4.69) is 36.0 Å². The van der Waals surface area contributed by atoms with Crippen LogP contribution < -0.4 is 4.74 Å². The molecule has 0 radical (unpaired) electrons. The van der Waals surface area contributed by atoms with Crippen LogP contribution in [-0.2, 0) is 18.4 Å². The highest BCUT2D eigenvalue weighted by molar-refractivity contribution is 5.81. The number of nitrogens with zero attached hydrogens (tertiary/aromatic N) is 4. The highest BCUT2D eigenvalue weighted by Crippen LogP contribution is 2.30. The molecule has 0 fully saturated rings. The van der Waals surface area contributed by atoms with Gasteiger partial charge in [-0.3, -0.25) is 4.90 Å². The van der Waals surface area contributed by atoms with Crippen LogP contribution in [0.15, 0.2) is 48.5 Å². The van der Waals surface area contributed by atoms with Crippen LogP contribution in [0.3, 0.4) is 0 Å². The van der Waals surface area contributed by atoms with E-state index in [-0.39, 0.29) is 0 Å². The lowest BCUT2D eigenvalue weighted by Gasteiger charge is -2.27. The predicted molar refractivity (Wildman–Crippen MR) is 121 cm³/mol. The SMILES string of the molecule is C#C[C@](C#N)(CN(C)Cc1ccc(C#N)cc1)c1ccc2cc(CC)c(OC)nc2c1. The summed E-state index contributed by atoms with van der Waals surface area (Å²) >= 11 is 0. The molecule has 5 nitrogen and oxygen atoms in total. The summed E-state index contributed by atoms with van der Waals surface area (Å²) in [5.74, 6) is 3.32. The molecule has 0 aliphatic carbocycles. The summed E-state index contributed by atoms with van der Waals surface area (Å²) in [5.41, 5.74) is 3.06. The minimum absolute atomic E-state index is 0.357. The molecule has 31 heavy (non-hydrogen) atoms. The summed E-state index contributed by atoms with van der Waals surface area (Å²) in [5, 5.41) is 20.0. The van der Waals surface area contributed by atoms with Crippen molar-refractivity contribution in [3.05, 3.63) is 70.8 Å². The Morgan fingerprint density at radius 1 is 1.13 bits per heavy atom. The average molecular weight is 409 g/mol. The summed E-state index contributed by atoms with van der Waals surface area (Å²) in [6, 6.07) is 19.7. The maximum Gasteiger partial charge on any atom is 0.216 e. The van der Waals surface area contributed by atoms with Gasteiger partial charge in [0, 0.05) is 24.0 Å². The van der Waals surface area contributed by atoms with Gasteiger partial charge < -0.3 is 4.74 Å². The van der Waals surface area contributed by atoms with Crippen molar-refractivity contribution in [1.29, 1.82) is 10.5 Å². The first kappa shape index (κ1) is 21.8. The number of methoxy groups -OCH3 is 1. The minimum Gasteiger partial charge on any atom is -0.481 e. The van der Waals surface area contributed by atoms with Crippen LogP contribution in [0.1, 0.15) is 29.2 Å². The van der Waals surface area contributed by atoms with Gasteiger partial charge in [-0.25, -0.2) is 4.98 Å². The molecule has 0 unspecified atom stereocenters. The van der Waals surface area contributed by atoms with Gasteiger partial charge in [0.05, 0.1) is 30.3 Å². The van der Waals surface area contributed by atoms with Gasteiger partial charge in [0.1, 0.15) is 0 Å². The molecular weight excluding hydrogens is 384 g/mol. The van der Waals surface area contributed by atoms with E-state index in [4.69, 9.17) is 16.4 Å². The fourth-order valence-corrected chi connectivity index (χ4v) is 3.70. The number of hydrogen-bond donors (Lipinski definition) is 0. The Kier molecular flexibility index (Phi) is 6.56. The number of rotatable bonds is 7.